The molecule has 0 radical (unpaired) electrons. The molecule has 0 aliphatic carbocycles. The molecule has 1 atom stereocenters. The lowest BCUT2D eigenvalue weighted by Gasteiger charge is -2.14. The van der Waals surface area contributed by atoms with Crippen LogP contribution in [0.1, 0.15) is 11.6 Å². The monoisotopic (exact) mass is 223 g/mol. The summed E-state index contributed by atoms with van der Waals surface area (Å²) in [5, 5.41) is 4.76. The van der Waals surface area contributed by atoms with Crippen LogP contribution in [-0.4, -0.2) is 17.6 Å². The number of hydrogen-bond acceptors (Lipinski definition) is 4. The number of nitrogens with zero attached hydrogens (tertiary/aromatic N) is 2. The largest absolute Gasteiger partial charge is 0.256 e. The summed E-state index contributed by atoms with van der Waals surface area (Å²) in [6.07, 6.45) is 3.63. The molecule has 0 bridgehead atoms. The van der Waals surface area contributed by atoms with Crippen LogP contribution < -0.4 is 5.43 Å². The van der Waals surface area contributed by atoms with Crippen molar-refractivity contribution in [2.24, 2.45) is 10.1 Å². The van der Waals surface area contributed by atoms with Crippen LogP contribution in [0.3, 0.4) is 0 Å². The number of aliphatic imine (C=N–C) groups is 1. The van der Waals surface area contributed by atoms with E-state index in [1.54, 1.807) is 18.3 Å². The van der Waals surface area contributed by atoms with Gasteiger partial charge in [0.15, 0.2) is 5.17 Å². The molecule has 1 aliphatic rings. The summed E-state index contributed by atoms with van der Waals surface area (Å²) in [5.74, 6) is -0.237. The summed E-state index contributed by atoms with van der Waals surface area (Å²) in [5.41, 5.74) is 3.73. The molecule has 2 rings (SSSR count). The van der Waals surface area contributed by atoms with Gasteiger partial charge in [-0.1, -0.05) is 23.9 Å². The number of rotatable bonds is 1. The fourth-order valence-electron chi connectivity index (χ4n) is 1.27. The predicted molar refractivity (Wildman–Crippen MR) is 61.7 cm³/mol. The van der Waals surface area contributed by atoms with E-state index in [0.29, 0.717) is 0 Å². The van der Waals surface area contributed by atoms with E-state index in [4.69, 9.17) is 0 Å². The van der Waals surface area contributed by atoms with Crippen LogP contribution in [-0.2, 0) is 0 Å². The molecule has 1 aromatic rings. The maximum Gasteiger partial charge on any atom is 0.177 e. The van der Waals surface area contributed by atoms with Crippen molar-refractivity contribution in [3.8, 4) is 0 Å². The van der Waals surface area contributed by atoms with Gasteiger partial charge in [0.2, 0.25) is 0 Å². The lowest BCUT2D eigenvalue weighted by molar-refractivity contribution is 0.626. The summed E-state index contributed by atoms with van der Waals surface area (Å²) >= 11 is 1.50. The summed E-state index contributed by atoms with van der Waals surface area (Å²) in [6, 6.07) is 6.19. The SMILES string of the molecule is CSC1=N[C@@H](c2ccc(F)cc2)C=NN1. The van der Waals surface area contributed by atoms with Gasteiger partial charge in [0.1, 0.15) is 11.9 Å². The second-order valence-electron chi connectivity index (χ2n) is 3.02. The highest BCUT2D eigenvalue weighted by atomic mass is 32.2. The van der Waals surface area contributed by atoms with Crippen LogP contribution in [0.2, 0.25) is 0 Å². The lowest BCUT2D eigenvalue weighted by atomic mass is 10.1. The molecule has 15 heavy (non-hydrogen) atoms. The minimum Gasteiger partial charge on any atom is -0.256 e. The van der Waals surface area contributed by atoms with Crippen molar-refractivity contribution in [3.63, 3.8) is 0 Å². The zero-order valence-electron chi connectivity index (χ0n) is 8.14. The third kappa shape index (κ3) is 2.36. The molecule has 0 aromatic heterocycles. The Morgan fingerprint density at radius 3 is 2.73 bits per heavy atom. The number of hydrogen-bond donors (Lipinski definition) is 1. The molecule has 0 unspecified atom stereocenters. The fraction of sp³-hybridized carbons (Fsp3) is 0.200. The van der Waals surface area contributed by atoms with Crippen molar-refractivity contribution in [1.82, 2.24) is 5.43 Å². The first-order valence-electron chi connectivity index (χ1n) is 4.46. The standard InChI is InChI=1S/C10H10FN3S/c1-15-10-13-9(6-12-14-10)7-2-4-8(11)5-3-7/h2-6,9H,1H3,(H,13,14)/t9-/m1/s1. The van der Waals surface area contributed by atoms with Gasteiger partial charge in [-0.3, -0.25) is 5.43 Å². The van der Waals surface area contributed by atoms with Gasteiger partial charge in [0.05, 0.1) is 6.21 Å². The maximum absolute atomic E-state index is 12.7. The Morgan fingerprint density at radius 1 is 1.33 bits per heavy atom. The predicted octanol–water partition coefficient (Wildman–Crippen LogP) is 2.17. The van der Waals surface area contributed by atoms with Gasteiger partial charge in [0.25, 0.3) is 0 Å². The highest BCUT2D eigenvalue weighted by molar-refractivity contribution is 8.13. The van der Waals surface area contributed by atoms with Gasteiger partial charge in [-0.25, -0.2) is 9.38 Å². The molecule has 0 amide bonds. The summed E-state index contributed by atoms with van der Waals surface area (Å²) in [7, 11) is 0. The van der Waals surface area contributed by atoms with E-state index in [2.05, 4.69) is 15.5 Å². The van der Waals surface area contributed by atoms with Gasteiger partial charge < -0.3 is 0 Å². The molecule has 5 heteroatoms. The summed E-state index contributed by atoms with van der Waals surface area (Å²) < 4.78 is 12.7. The first-order valence-corrected chi connectivity index (χ1v) is 5.68. The third-order valence-corrected chi connectivity index (χ3v) is 2.62. The maximum atomic E-state index is 12.7. The summed E-state index contributed by atoms with van der Waals surface area (Å²) in [6.45, 7) is 0. The number of hydrazone groups is 1. The minimum absolute atomic E-state index is 0.116. The molecule has 0 saturated carbocycles. The van der Waals surface area contributed by atoms with Crippen molar-refractivity contribution < 1.29 is 4.39 Å². The average molecular weight is 223 g/mol. The molecule has 0 fully saturated rings. The number of amidine groups is 1. The minimum atomic E-state index is -0.237. The van der Waals surface area contributed by atoms with E-state index in [-0.39, 0.29) is 11.9 Å². The van der Waals surface area contributed by atoms with Gasteiger partial charge in [-0.15, -0.1) is 0 Å². The molecule has 1 N–H and O–H groups in total. The Balaban J connectivity index is 2.23. The summed E-state index contributed by atoms with van der Waals surface area (Å²) in [4.78, 5) is 4.40. The van der Waals surface area contributed by atoms with Gasteiger partial charge >= 0.3 is 0 Å². The molecule has 1 aromatic carbocycles. The smallest absolute Gasteiger partial charge is 0.177 e. The molecule has 3 nitrogen and oxygen atoms in total. The van der Waals surface area contributed by atoms with Crippen molar-refractivity contribution in [1.29, 1.82) is 0 Å². The van der Waals surface area contributed by atoms with E-state index >= 15 is 0 Å². The Bertz CT molecular complexity index is 400. The van der Waals surface area contributed by atoms with E-state index in [0.717, 1.165) is 10.7 Å². The van der Waals surface area contributed by atoms with Crippen LogP contribution in [0.5, 0.6) is 0 Å². The second kappa shape index (κ2) is 4.44. The molecule has 0 saturated heterocycles. The first-order chi connectivity index (χ1) is 7.29. The van der Waals surface area contributed by atoms with E-state index in [9.17, 15) is 4.39 Å². The average Bonchev–Trinajstić information content (AvgIpc) is 2.30. The van der Waals surface area contributed by atoms with Crippen molar-refractivity contribution >= 4 is 23.1 Å². The molecular weight excluding hydrogens is 213 g/mol. The van der Waals surface area contributed by atoms with E-state index in [1.165, 1.54) is 23.9 Å². The Hall–Kier alpha value is -1.36. The number of benzene rings is 1. The zero-order valence-corrected chi connectivity index (χ0v) is 8.96. The molecular formula is C10H10FN3S. The number of halogens is 1. The van der Waals surface area contributed by atoms with E-state index < -0.39 is 0 Å². The molecule has 1 heterocycles. The van der Waals surface area contributed by atoms with Gasteiger partial charge in [-0.05, 0) is 24.0 Å². The van der Waals surface area contributed by atoms with Crippen molar-refractivity contribution in [2.45, 2.75) is 6.04 Å². The highest BCUT2D eigenvalue weighted by Gasteiger charge is 2.12. The molecule has 78 valence electrons. The Labute approximate surface area is 91.5 Å². The molecule has 1 aliphatic heterocycles. The van der Waals surface area contributed by atoms with Crippen molar-refractivity contribution in [2.75, 3.05) is 6.26 Å². The van der Waals surface area contributed by atoms with Crippen molar-refractivity contribution in [3.05, 3.63) is 35.6 Å². The van der Waals surface area contributed by atoms with Crippen LogP contribution in [0, 0.1) is 5.82 Å². The lowest BCUT2D eigenvalue weighted by Crippen LogP contribution is -2.20. The van der Waals surface area contributed by atoms with Gasteiger partial charge in [0, 0.05) is 0 Å². The van der Waals surface area contributed by atoms with E-state index in [1.807, 2.05) is 6.26 Å². The third-order valence-electron chi connectivity index (χ3n) is 2.04. The highest BCUT2D eigenvalue weighted by Crippen LogP contribution is 2.19. The molecule has 0 spiro atoms. The van der Waals surface area contributed by atoms with Crippen LogP contribution in [0.15, 0.2) is 34.4 Å². The Kier molecular flexibility index (Phi) is 3.01. The van der Waals surface area contributed by atoms with Crippen LogP contribution in [0.4, 0.5) is 4.39 Å². The first kappa shape index (κ1) is 10.2. The topological polar surface area (TPSA) is 36.8 Å². The van der Waals surface area contributed by atoms with Gasteiger partial charge in [-0.2, -0.15) is 5.10 Å². The zero-order chi connectivity index (χ0) is 10.7. The fourth-order valence-corrected chi connectivity index (χ4v) is 1.63. The van der Waals surface area contributed by atoms with Crippen LogP contribution in [0.25, 0.3) is 0 Å². The number of nitrogens with one attached hydrogen (secondary N) is 1. The normalized spacial score (nSPS) is 19.6. The second-order valence-corrected chi connectivity index (χ2v) is 3.82. The number of thioether (sulfide) groups is 1. The quantitative estimate of drug-likeness (QED) is 0.792. The van der Waals surface area contributed by atoms with Crippen LogP contribution >= 0.6 is 11.8 Å². The Morgan fingerprint density at radius 2 is 2.07 bits per heavy atom.